The minimum atomic E-state index is -3.51. The van der Waals surface area contributed by atoms with Gasteiger partial charge in [0.2, 0.25) is 10.0 Å². The van der Waals surface area contributed by atoms with E-state index >= 15 is 0 Å². The monoisotopic (exact) mass is 549 g/mol. The molecule has 2 aromatic rings. The van der Waals surface area contributed by atoms with Crippen molar-refractivity contribution in [2.45, 2.75) is 31.7 Å². The van der Waals surface area contributed by atoms with E-state index in [4.69, 9.17) is 4.74 Å². The van der Waals surface area contributed by atoms with Gasteiger partial charge in [0.05, 0.1) is 11.5 Å². The van der Waals surface area contributed by atoms with Crippen LogP contribution in [0.4, 0.5) is 0 Å². The third kappa shape index (κ3) is 8.15. The number of nitrogens with zero attached hydrogens (tertiary/aromatic N) is 2. The van der Waals surface area contributed by atoms with Gasteiger partial charge in [0, 0.05) is 51.7 Å². The minimum Gasteiger partial charge on any atom is -0.493 e. The van der Waals surface area contributed by atoms with Crippen molar-refractivity contribution in [2.24, 2.45) is 12.0 Å². The van der Waals surface area contributed by atoms with Gasteiger partial charge in [-0.15, -0.1) is 24.0 Å². The molecule has 0 aliphatic rings. The summed E-state index contributed by atoms with van der Waals surface area (Å²) in [5.74, 6) is 1.45. The van der Waals surface area contributed by atoms with Crippen molar-refractivity contribution in [3.8, 4) is 5.75 Å². The van der Waals surface area contributed by atoms with E-state index in [0.29, 0.717) is 25.7 Å². The van der Waals surface area contributed by atoms with Crippen LogP contribution < -0.4 is 20.1 Å². The lowest BCUT2D eigenvalue weighted by Gasteiger charge is -2.15. The second-order valence-corrected chi connectivity index (χ2v) is 8.49. The Kier molecular flexibility index (Phi) is 11.2. The number of nitrogens with one attached hydrogen (secondary N) is 3. The molecule has 168 valence electrons. The van der Waals surface area contributed by atoms with E-state index in [0.717, 1.165) is 23.3 Å². The highest BCUT2D eigenvalue weighted by Crippen LogP contribution is 2.20. The zero-order chi connectivity index (χ0) is 21.3. The maximum atomic E-state index is 12.2. The Balaban J connectivity index is 0.00000450. The van der Waals surface area contributed by atoms with Crippen LogP contribution in [0.5, 0.6) is 5.75 Å². The zero-order valence-electron chi connectivity index (χ0n) is 17.9. The van der Waals surface area contributed by atoms with Gasteiger partial charge < -0.3 is 19.9 Å². The summed E-state index contributed by atoms with van der Waals surface area (Å²) in [6, 6.07) is 7.68. The molecule has 0 saturated heterocycles. The Morgan fingerprint density at radius 3 is 2.60 bits per heavy atom. The van der Waals surface area contributed by atoms with Crippen molar-refractivity contribution in [3.63, 3.8) is 0 Å². The molecule has 1 aromatic heterocycles. The first-order valence-corrected chi connectivity index (χ1v) is 11.1. The highest BCUT2D eigenvalue weighted by Gasteiger charge is 2.14. The summed E-state index contributed by atoms with van der Waals surface area (Å²) in [7, 11) is -0.0512. The van der Waals surface area contributed by atoms with Gasteiger partial charge in [-0.1, -0.05) is 19.1 Å². The van der Waals surface area contributed by atoms with Crippen LogP contribution in [0.2, 0.25) is 0 Å². The molecule has 0 atom stereocenters. The Morgan fingerprint density at radius 1 is 1.20 bits per heavy atom. The van der Waals surface area contributed by atoms with E-state index < -0.39 is 10.0 Å². The van der Waals surface area contributed by atoms with E-state index in [2.05, 4.69) is 27.3 Å². The SMILES string of the molecule is CCCOc1cc(C)ccc1CNC(=NC)NCCNS(=O)(=O)c1ccn(C)c1.I. The van der Waals surface area contributed by atoms with E-state index in [9.17, 15) is 8.42 Å². The van der Waals surface area contributed by atoms with Gasteiger partial charge in [-0.3, -0.25) is 4.99 Å². The molecule has 0 aliphatic carbocycles. The number of ether oxygens (including phenoxy) is 1. The molecule has 0 saturated carbocycles. The first-order chi connectivity index (χ1) is 13.9. The number of hydrogen-bond acceptors (Lipinski definition) is 4. The van der Waals surface area contributed by atoms with Crippen LogP contribution in [0.3, 0.4) is 0 Å². The van der Waals surface area contributed by atoms with Crippen molar-refractivity contribution >= 4 is 40.0 Å². The largest absolute Gasteiger partial charge is 0.493 e. The standard InChI is InChI=1S/C20H31N5O3S.HI/c1-5-12-28-19-13-16(2)6-7-17(19)14-23-20(21-3)22-9-10-24-29(26,27)18-8-11-25(4)15-18;/h6-8,11,13,15,24H,5,9-10,12,14H2,1-4H3,(H2,21,22,23);1H. The average Bonchev–Trinajstić information content (AvgIpc) is 3.14. The fraction of sp³-hybridized carbons (Fsp3) is 0.450. The zero-order valence-corrected chi connectivity index (χ0v) is 21.1. The predicted molar refractivity (Wildman–Crippen MR) is 131 cm³/mol. The quantitative estimate of drug-likeness (QED) is 0.183. The van der Waals surface area contributed by atoms with Crippen molar-refractivity contribution in [1.29, 1.82) is 0 Å². The van der Waals surface area contributed by atoms with Crippen LogP contribution in [0.1, 0.15) is 24.5 Å². The van der Waals surface area contributed by atoms with Gasteiger partial charge in [0.1, 0.15) is 5.75 Å². The van der Waals surface area contributed by atoms with Gasteiger partial charge in [0.25, 0.3) is 0 Å². The number of halogens is 1. The van der Waals surface area contributed by atoms with Crippen molar-refractivity contribution in [1.82, 2.24) is 19.9 Å². The molecular formula is C20H32IN5O3S. The summed E-state index contributed by atoms with van der Waals surface area (Å²) in [5.41, 5.74) is 2.19. The van der Waals surface area contributed by atoms with Gasteiger partial charge >= 0.3 is 0 Å². The molecule has 30 heavy (non-hydrogen) atoms. The molecule has 0 aliphatic heterocycles. The first-order valence-electron chi connectivity index (χ1n) is 9.64. The molecule has 0 bridgehead atoms. The van der Waals surface area contributed by atoms with E-state index in [1.165, 1.54) is 0 Å². The lowest BCUT2D eigenvalue weighted by molar-refractivity contribution is 0.313. The van der Waals surface area contributed by atoms with E-state index in [1.807, 2.05) is 25.1 Å². The Labute approximate surface area is 196 Å². The number of sulfonamides is 1. The normalized spacial score (nSPS) is 11.7. The molecule has 1 heterocycles. The van der Waals surface area contributed by atoms with Crippen LogP contribution in [0.25, 0.3) is 0 Å². The van der Waals surface area contributed by atoms with Crippen molar-refractivity contribution in [2.75, 3.05) is 26.7 Å². The molecule has 3 N–H and O–H groups in total. The van der Waals surface area contributed by atoms with Crippen LogP contribution in [0, 0.1) is 6.92 Å². The fourth-order valence-corrected chi connectivity index (χ4v) is 3.72. The Hall–Kier alpha value is -1.79. The number of aromatic nitrogens is 1. The number of benzene rings is 1. The van der Waals surface area contributed by atoms with Crippen LogP contribution in [0.15, 0.2) is 46.5 Å². The topological polar surface area (TPSA) is 96.8 Å². The maximum Gasteiger partial charge on any atom is 0.242 e. The summed E-state index contributed by atoms with van der Waals surface area (Å²) in [4.78, 5) is 4.43. The first kappa shape index (κ1) is 26.2. The molecule has 8 nitrogen and oxygen atoms in total. The smallest absolute Gasteiger partial charge is 0.242 e. The fourth-order valence-electron chi connectivity index (χ4n) is 2.64. The summed E-state index contributed by atoms with van der Waals surface area (Å²) in [6.07, 6.45) is 4.21. The van der Waals surface area contributed by atoms with Crippen molar-refractivity contribution < 1.29 is 13.2 Å². The average molecular weight is 549 g/mol. The van der Waals surface area contributed by atoms with Crippen molar-refractivity contribution in [3.05, 3.63) is 47.8 Å². The lowest BCUT2D eigenvalue weighted by Crippen LogP contribution is -2.41. The molecule has 2 rings (SSSR count). The number of rotatable bonds is 10. The summed E-state index contributed by atoms with van der Waals surface area (Å²) >= 11 is 0. The van der Waals surface area contributed by atoms with E-state index in [-0.39, 0.29) is 35.4 Å². The van der Waals surface area contributed by atoms with Gasteiger partial charge in [-0.05, 0) is 31.0 Å². The molecule has 10 heteroatoms. The molecule has 0 unspecified atom stereocenters. The third-order valence-electron chi connectivity index (χ3n) is 4.18. The third-order valence-corrected chi connectivity index (χ3v) is 5.63. The number of aryl methyl sites for hydroxylation is 2. The van der Waals surface area contributed by atoms with Crippen LogP contribution in [-0.2, 0) is 23.6 Å². The van der Waals surface area contributed by atoms with Crippen LogP contribution >= 0.6 is 24.0 Å². The van der Waals surface area contributed by atoms with E-state index in [1.54, 1.807) is 37.1 Å². The van der Waals surface area contributed by atoms with Crippen LogP contribution in [-0.4, -0.2) is 45.7 Å². The minimum absolute atomic E-state index is 0. The Morgan fingerprint density at radius 2 is 1.97 bits per heavy atom. The highest BCUT2D eigenvalue weighted by molar-refractivity contribution is 14.0. The Bertz CT molecular complexity index is 928. The second-order valence-electron chi connectivity index (χ2n) is 6.72. The number of aliphatic imine (C=N–C) groups is 1. The highest BCUT2D eigenvalue weighted by atomic mass is 127. The van der Waals surface area contributed by atoms with Gasteiger partial charge in [-0.2, -0.15) is 0 Å². The molecule has 0 amide bonds. The van der Waals surface area contributed by atoms with Gasteiger partial charge in [-0.25, -0.2) is 13.1 Å². The summed E-state index contributed by atoms with van der Waals surface area (Å²) in [6.45, 7) is 5.98. The molecule has 0 radical (unpaired) electrons. The number of guanidine groups is 1. The summed E-state index contributed by atoms with van der Waals surface area (Å²) in [5, 5.41) is 6.34. The maximum absolute atomic E-state index is 12.2. The second kappa shape index (κ2) is 12.8. The molecule has 1 aromatic carbocycles. The summed E-state index contributed by atoms with van der Waals surface area (Å²) < 4.78 is 34.5. The van der Waals surface area contributed by atoms with Gasteiger partial charge in [0.15, 0.2) is 5.96 Å². The number of hydrogen-bond donors (Lipinski definition) is 3. The molecular weight excluding hydrogens is 517 g/mol. The molecule has 0 spiro atoms. The predicted octanol–water partition coefficient (Wildman–Crippen LogP) is 2.38. The molecule has 0 fully saturated rings. The lowest BCUT2D eigenvalue weighted by atomic mass is 10.1.